The largest absolute Gasteiger partial charge is 0.212 e. The number of halogens is 3. The molecule has 0 unspecified atom stereocenters. The quantitative estimate of drug-likeness (QED) is 0.198. The van der Waals surface area contributed by atoms with Gasteiger partial charge in [0.25, 0.3) is 0 Å². The van der Waals surface area contributed by atoms with Crippen molar-refractivity contribution >= 4 is 61.1 Å². The average Bonchev–Trinajstić information content (AvgIpc) is 3.52. The van der Waals surface area contributed by atoms with Crippen LogP contribution in [0.5, 0.6) is 0 Å². The number of aromatic nitrogens is 6. The van der Waals surface area contributed by atoms with Crippen molar-refractivity contribution in [3.05, 3.63) is 98.3 Å². The van der Waals surface area contributed by atoms with Crippen LogP contribution < -0.4 is 5.46 Å². The van der Waals surface area contributed by atoms with Gasteiger partial charge in [0, 0.05) is 35.7 Å². The van der Waals surface area contributed by atoms with Crippen LogP contribution in [0.3, 0.4) is 0 Å². The molecule has 7 rings (SSSR count). The number of nitrogens with zero attached hydrogens (tertiary/aromatic N) is 6. The van der Waals surface area contributed by atoms with Crippen molar-refractivity contribution in [2.45, 2.75) is 0 Å². The number of hydrogen-bond acceptors (Lipinski definition) is 4. The molecular formula is C28H16BBr3N6. The maximum Gasteiger partial charge on any atom is 0.142 e. The normalized spacial score (nSPS) is 11.7. The molecule has 0 saturated carbocycles. The minimum atomic E-state index is 0.790. The molecule has 10 heteroatoms. The molecule has 0 N–H and O–H groups in total. The molecule has 1 aliphatic rings. The van der Waals surface area contributed by atoms with E-state index < -0.39 is 0 Å². The van der Waals surface area contributed by atoms with Crippen LogP contribution in [0.15, 0.2) is 98.3 Å². The molecule has 6 aromatic rings. The lowest BCUT2D eigenvalue weighted by Gasteiger charge is -2.20. The first-order valence-corrected chi connectivity index (χ1v) is 14.2. The van der Waals surface area contributed by atoms with E-state index in [-0.39, 0.29) is 0 Å². The fraction of sp³-hybridized carbons (Fsp3) is 0. The highest BCUT2D eigenvalue weighted by atomic mass is 79.9. The first-order valence-electron chi connectivity index (χ1n) is 11.9. The summed E-state index contributed by atoms with van der Waals surface area (Å²) >= 11 is 11.2. The molecule has 0 spiro atoms. The molecule has 0 bridgehead atoms. The van der Waals surface area contributed by atoms with Crippen LogP contribution in [-0.2, 0) is 0 Å². The van der Waals surface area contributed by atoms with E-state index in [9.17, 15) is 0 Å². The van der Waals surface area contributed by atoms with Crippen molar-refractivity contribution in [3.63, 3.8) is 0 Å². The number of hydrogen-bond donors (Lipinski definition) is 0. The summed E-state index contributed by atoms with van der Waals surface area (Å²) in [6.45, 7) is 0. The highest BCUT2D eigenvalue weighted by Crippen LogP contribution is 2.47. The first-order chi connectivity index (χ1) is 18.5. The van der Waals surface area contributed by atoms with E-state index in [0.29, 0.717) is 0 Å². The summed E-state index contributed by atoms with van der Waals surface area (Å²) in [5.41, 5.74) is 10.2. The Morgan fingerprint density at radius 3 is 1.42 bits per heavy atom. The number of para-hydroxylation sites is 2. The van der Waals surface area contributed by atoms with E-state index in [1.807, 2.05) is 64.0 Å². The van der Waals surface area contributed by atoms with Gasteiger partial charge in [0.05, 0.1) is 11.4 Å². The summed E-state index contributed by atoms with van der Waals surface area (Å²) in [5, 5.41) is 18.9. The summed E-state index contributed by atoms with van der Waals surface area (Å²) in [7, 11) is 2.08. The Morgan fingerprint density at radius 1 is 0.500 bits per heavy atom. The number of benzene rings is 4. The lowest BCUT2D eigenvalue weighted by molar-refractivity contribution is 0.802. The zero-order chi connectivity index (χ0) is 26.0. The summed E-state index contributed by atoms with van der Waals surface area (Å²) < 4.78 is 6.59. The first kappa shape index (κ1) is 23.8. The molecule has 4 aromatic carbocycles. The molecule has 0 atom stereocenters. The third kappa shape index (κ3) is 3.51. The fourth-order valence-electron chi connectivity index (χ4n) is 5.10. The van der Waals surface area contributed by atoms with Gasteiger partial charge in [0.1, 0.15) is 30.6 Å². The van der Waals surface area contributed by atoms with Crippen LogP contribution in [0, 0.1) is 0 Å². The molecule has 1 aliphatic carbocycles. The van der Waals surface area contributed by atoms with Crippen LogP contribution in [0.25, 0.3) is 56.4 Å². The number of fused-ring (bicyclic) bond motifs is 8. The molecule has 38 heavy (non-hydrogen) atoms. The van der Waals surface area contributed by atoms with Crippen LogP contribution in [0.4, 0.5) is 0 Å². The highest BCUT2D eigenvalue weighted by molar-refractivity contribution is 9.11. The van der Waals surface area contributed by atoms with Crippen LogP contribution in [0.2, 0.25) is 0 Å². The van der Waals surface area contributed by atoms with Gasteiger partial charge in [0.2, 0.25) is 0 Å². The van der Waals surface area contributed by atoms with Gasteiger partial charge in [-0.2, -0.15) is 0 Å². The second kappa shape index (κ2) is 9.15. The Balaban J connectivity index is 1.62. The zero-order valence-corrected chi connectivity index (χ0v) is 24.7. The Morgan fingerprint density at radius 2 is 0.921 bits per heavy atom. The summed E-state index contributed by atoms with van der Waals surface area (Å²) in [4.78, 5) is 0. The fourth-order valence-corrected chi connectivity index (χ4v) is 7.07. The van der Waals surface area contributed by atoms with Gasteiger partial charge in [-0.05, 0) is 66.0 Å². The lowest BCUT2D eigenvalue weighted by Crippen LogP contribution is -2.15. The van der Waals surface area contributed by atoms with Crippen molar-refractivity contribution in [2.24, 2.45) is 0 Å². The van der Waals surface area contributed by atoms with Crippen LogP contribution in [0.1, 0.15) is 0 Å². The Bertz CT molecular complexity index is 1720. The highest BCUT2D eigenvalue weighted by Gasteiger charge is 2.31. The van der Waals surface area contributed by atoms with Gasteiger partial charge in [-0.15, -0.1) is 10.2 Å². The molecule has 2 aromatic heterocycles. The predicted molar refractivity (Wildman–Crippen MR) is 163 cm³/mol. The third-order valence-electron chi connectivity index (χ3n) is 6.76. The van der Waals surface area contributed by atoms with Crippen LogP contribution in [-0.4, -0.2) is 37.8 Å². The standard InChI is InChI=1S/C28H16BBr3N6/c29-19-11-5-12-20(30)27(19)37-25-17-9-3-1-7-15(17)24-26(18-10-4-2-8-16(18)23(25)33-35-37)38(36-34-24)28-21(31)13-6-14-22(28)32/h1-14H,29H2. The van der Waals surface area contributed by atoms with Gasteiger partial charge in [-0.25, -0.2) is 9.36 Å². The van der Waals surface area contributed by atoms with Crippen molar-refractivity contribution in [1.82, 2.24) is 30.0 Å². The maximum atomic E-state index is 4.78. The molecule has 6 nitrogen and oxygen atoms in total. The molecule has 0 saturated heterocycles. The summed E-state index contributed by atoms with van der Waals surface area (Å²) in [6.07, 6.45) is 0. The Labute approximate surface area is 244 Å². The van der Waals surface area contributed by atoms with Gasteiger partial charge < -0.3 is 0 Å². The zero-order valence-electron chi connectivity index (χ0n) is 19.9. The molecule has 0 aliphatic heterocycles. The van der Waals surface area contributed by atoms with Crippen molar-refractivity contribution in [3.8, 4) is 56.4 Å². The van der Waals surface area contributed by atoms with Gasteiger partial charge in [-0.3, -0.25) is 0 Å². The van der Waals surface area contributed by atoms with Gasteiger partial charge in [-0.1, -0.05) is 82.6 Å². The van der Waals surface area contributed by atoms with E-state index in [0.717, 1.165) is 75.3 Å². The third-order valence-corrected chi connectivity index (χ3v) is 8.68. The minimum absolute atomic E-state index is 0.790. The van der Waals surface area contributed by atoms with E-state index in [1.165, 1.54) is 0 Å². The van der Waals surface area contributed by atoms with Gasteiger partial charge >= 0.3 is 0 Å². The summed E-state index contributed by atoms with van der Waals surface area (Å²) in [6, 6.07) is 28.6. The van der Waals surface area contributed by atoms with Crippen molar-refractivity contribution < 1.29 is 0 Å². The maximum absolute atomic E-state index is 4.78. The average molecular weight is 687 g/mol. The smallest absolute Gasteiger partial charge is 0.142 e. The SMILES string of the molecule is Bc1cccc(Br)c1-n1nnc2c1-c1ccccc1-c1nnn(-c3c(Br)cccc3Br)c1-c1ccccc1-2. The Kier molecular flexibility index (Phi) is 5.72. The minimum Gasteiger partial charge on any atom is -0.212 e. The molecular weight excluding hydrogens is 671 g/mol. The predicted octanol–water partition coefficient (Wildman–Crippen LogP) is 6.38. The second-order valence-electron chi connectivity index (χ2n) is 8.96. The monoisotopic (exact) mass is 684 g/mol. The van der Waals surface area contributed by atoms with E-state index >= 15 is 0 Å². The molecule has 0 amide bonds. The second-order valence-corrected chi connectivity index (χ2v) is 11.5. The van der Waals surface area contributed by atoms with Crippen molar-refractivity contribution in [2.75, 3.05) is 0 Å². The van der Waals surface area contributed by atoms with E-state index in [2.05, 4.69) is 91.2 Å². The van der Waals surface area contributed by atoms with Gasteiger partial charge in [0.15, 0.2) is 0 Å². The number of rotatable bonds is 2. The molecule has 2 heterocycles. The molecule has 0 fully saturated rings. The summed E-state index contributed by atoms with van der Waals surface area (Å²) in [5.74, 6) is 0. The lowest BCUT2D eigenvalue weighted by atomic mass is 9.89. The molecule has 0 radical (unpaired) electrons. The van der Waals surface area contributed by atoms with Crippen LogP contribution >= 0.6 is 47.8 Å². The van der Waals surface area contributed by atoms with E-state index in [1.54, 1.807) is 0 Å². The topological polar surface area (TPSA) is 61.4 Å². The Hall–Kier alpha value is -3.34. The molecule has 182 valence electrons. The van der Waals surface area contributed by atoms with E-state index in [4.69, 9.17) is 15.4 Å². The van der Waals surface area contributed by atoms with Crippen molar-refractivity contribution in [1.29, 1.82) is 0 Å².